The first kappa shape index (κ1) is 12.8. The van der Waals surface area contributed by atoms with Gasteiger partial charge in [0.25, 0.3) is 5.56 Å². The van der Waals surface area contributed by atoms with E-state index in [0.29, 0.717) is 22.1 Å². The number of rotatable bonds is 1. The lowest BCUT2D eigenvalue weighted by Gasteiger charge is -2.04. The van der Waals surface area contributed by atoms with E-state index < -0.39 is 0 Å². The van der Waals surface area contributed by atoms with Crippen LogP contribution in [0.15, 0.2) is 47.4 Å². The van der Waals surface area contributed by atoms with E-state index in [4.69, 9.17) is 11.6 Å². The summed E-state index contributed by atoms with van der Waals surface area (Å²) < 4.78 is 1.14. The molecule has 6 nitrogen and oxygen atoms in total. The number of nitrogens with zero attached hydrogens (tertiary/aromatic N) is 3. The number of aromatic amines is 1. The fourth-order valence-electron chi connectivity index (χ4n) is 2.43. The molecule has 0 bridgehead atoms. The third kappa shape index (κ3) is 1.78. The number of nitrogens with one attached hydrogen (secondary N) is 1. The fraction of sp³-hybridized carbons (Fsp3) is 0. The van der Waals surface area contributed by atoms with Crippen LogP contribution in [0.1, 0.15) is 0 Å². The summed E-state index contributed by atoms with van der Waals surface area (Å²) in [6, 6.07) is 10.2. The fourth-order valence-corrected chi connectivity index (χ4v) is 2.57. The minimum Gasteiger partial charge on any atom is -0.493 e. The number of aromatic hydroxyl groups is 1. The van der Waals surface area contributed by atoms with Gasteiger partial charge in [0, 0.05) is 11.6 Å². The van der Waals surface area contributed by atoms with Gasteiger partial charge in [-0.2, -0.15) is 0 Å². The van der Waals surface area contributed by atoms with E-state index >= 15 is 0 Å². The minimum atomic E-state index is -0.349. The lowest BCUT2D eigenvalue weighted by atomic mass is 10.2. The monoisotopic (exact) mass is 312 g/mol. The first-order valence-corrected chi connectivity index (χ1v) is 6.88. The molecule has 0 atom stereocenters. The summed E-state index contributed by atoms with van der Waals surface area (Å²) in [5.74, 6) is 0.101. The van der Waals surface area contributed by atoms with Crippen molar-refractivity contribution in [2.45, 2.75) is 0 Å². The first-order valence-electron chi connectivity index (χ1n) is 6.50. The number of hydrogen-bond donors (Lipinski definition) is 2. The standard InChI is InChI=1S/C15H9ClN4O2/c16-10-5-3-8-4-6-11(19-13(8)18-10)20-14(21)9-2-1-7-17-12(9)15(20)22/h1-7,17,22H. The molecule has 2 aliphatic heterocycles. The summed E-state index contributed by atoms with van der Waals surface area (Å²) in [6.07, 6.45) is 1.64. The Balaban J connectivity index is 2.04. The summed E-state index contributed by atoms with van der Waals surface area (Å²) >= 11 is 5.87. The number of hydrogen-bond acceptors (Lipinski definition) is 4. The molecule has 22 heavy (non-hydrogen) atoms. The van der Waals surface area contributed by atoms with Crippen LogP contribution >= 0.6 is 11.6 Å². The molecule has 4 rings (SSSR count). The van der Waals surface area contributed by atoms with Gasteiger partial charge in [0.2, 0.25) is 5.88 Å². The molecule has 4 heterocycles. The number of fused-ring (bicyclic) bond motifs is 2. The van der Waals surface area contributed by atoms with Gasteiger partial charge >= 0.3 is 0 Å². The van der Waals surface area contributed by atoms with Crippen molar-refractivity contribution < 1.29 is 5.11 Å². The van der Waals surface area contributed by atoms with Crippen molar-refractivity contribution in [2.24, 2.45) is 0 Å². The maximum atomic E-state index is 12.4. The van der Waals surface area contributed by atoms with Gasteiger partial charge in [-0.05, 0) is 36.4 Å². The molecule has 2 aromatic heterocycles. The van der Waals surface area contributed by atoms with E-state index in [1.807, 2.05) is 0 Å². The molecule has 0 radical (unpaired) electrons. The number of aromatic nitrogens is 4. The first-order chi connectivity index (χ1) is 10.6. The van der Waals surface area contributed by atoms with E-state index in [0.717, 1.165) is 9.95 Å². The Kier molecular flexibility index (Phi) is 2.67. The molecule has 0 saturated heterocycles. The van der Waals surface area contributed by atoms with Crippen molar-refractivity contribution in [3.63, 3.8) is 0 Å². The normalized spacial score (nSPS) is 11.3. The maximum absolute atomic E-state index is 12.4. The molecular formula is C15H9ClN4O2. The van der Waals surface area contributed by atoms with Crippen molar-refractivity contribution in [3.05, 3.63) is 58.1 Å². The van der Waals surface area contributed by atoms with E-state index in [-0.39, 0.29) is 17.3 Å². The van der Waals surface area contributed by atoms with Gasteiger partial charge in [-0.25, -0.2) is 14.5 Å². The predicted molar refractivity (Wildman–Crippen MR) is 82.8 cm³/mol. The zero-order valence-electron chi connectivity index (χ0n) is 11.1. The van der Waals surface area contributed by atoms with E-state index in [1.165, 1.54) is 0 Å². The van der Waals surface area contributed by atoms with Crippen LogP contribution < -0.4 is 5.56 Å². The van der Waals surface area contributed by atoms with Crippen LogP contribution in [-0.4, -0.2) is 24.6 Å². The topological polar surface area (TPSA) is 83.8 Å². The molecule has 0 unspecified atom stereocenters. The highest BCUT2D eigenvalue weighted by atomic mass is 35.5. The molecule has 7 heteroatoms. The third-order valence-electron chi connectivity index (χ3n) is 3.46. The zero-order valence-corrected chi connectivity index (χ0v) is 11.9. The quantitative estimate of drug-likeness (QED) is 0.529. The highest BCUT2D eigenvalue weighted by Crippen LogP contribution is 2.29. The Hall–Kier alpha value is -2.86. The highest BCUT2D eigenvalue weighted by molar-refractivity contribution is 6.29. The summed E-state index contributed by atoms with van der Waals surface area (Å²) in [4.78, 5) is 23.8. The highest BCUT2D eigenvalue weighted by Gasteiger charge is 2.22. The van der Waals surface area contributed by atoms with Crippen molar-refractivity contribution in [1.82, 2.24) is 19.5 Å². The minimum absolute atomic E-state index is 0.186. The second-order valence-corrected chi connectivity index (χ2v) is 5.16. The molecule has 0 saturated carbocycles. The SMILES string of the molecule is O=c1c2ccc[nH]c-2c(O)n1-c1ccc2ccc(Cl)nc2n1. The van der Waals surface area contributed by atoms with Crippen LogP contribution in [0.2, 0.25) is 5.15 Å². The van der Waals surface area contributed by atoms with Crippen molar-refractivity contribution in [1.29, 1.82) is 0 Å². The molecule has 0 spiro atoms. The van der Waals surface area contributed by atoms with Gasteiger partial charge in [-0.1, -0.05) is 11.6 Å². The molecule has 0 amide bonds. The zero-order chi connectivity index (χ0) is 15.3. The van der Waals surface area contributed by atoms with Gasteiger partial charge in [0.05, 0.1) is 5.56 Å². The third-order valence-corrected chi connectivity index (χ3v) is 3.67. The average Bonchev–Trinajstić information content (AvgIpc) is 2.79. The van der Waals surface area contributed by atoms with Crippen LogP contribution in [0.3, 0.4) is 0 Å². The lowest BCUT2D eigenvalue weighted by molar-refractivity contribution is 0.440. The van der Waals surface area contributed by atoms with Gasteiger partial charge in [0.15, 0.2) is 5.65 Å². The Labute approximate surface area is 129 Å². The Morgan fingerprint density at radius 1 is 1.14 bits per heavy atom. The number of H-pyrrole nitrogens is 1. The molecule has 2 N–H and O–H groups in total. The predicted octanol–water partition coefficient (Wildman–Crippen LogP) is 2.57. The van der Waals surface area contributed by atoms with E-state index in [9.17, 15) is 9.90 Å². The Bertz CT molecular complexity index is 1040. The number of halogens is 1. The molecule has 0 aliphatic carbocycles. The summed E-state index contributed by atoms with van der Waals surface area (Å²) in [5, 5.41) is 11.4. The Morgan fingerprint density at radius 3 is 2.77 bits per heavy atom. The second-order valence-electron chi connectivity index (χ2n) is 4.77. The van der Waals surface area contributed by atoms with E-state index in [1.54, 1.807) is 42.6 Å². The van der Waals surface area contributed by atoms with E-state index in [2.05, 4.69) is 15.0 Å². The van der Waals surface area contributed by atoms with Crippen LogP contribution in [-0.2, 0) is 0 Å². The van der Waals surface area contributed by atoms with Crippen LogP contribution in [0.5, 0.6) is 5.88 Å². The van der Waals surface area contributed by atoms with Crippen molar-refractivity contribution in [2.75, 3.05) is 0 Å². The van der Waals surface area contributed by atoms with Gasteiger partial charge < -0.3 is 10.1 Å². The second kappa shape index (κ2) is 4.57. The average molecular weight is 313 g/mol. The van der Waals surface area contributed by atoms with Crippen LogP contribution in [0.25, 0.3) is 28.1 Å². The molecular weight excluding hydrogens is 304 g/mol. The van der Waals surface area contributed by atoms with Crippen LogP contribution in [0, 0.1) is 0 Å². The summed E-state index contributed by atoms with van der Waals surface area (Å²) in [6.45, 7) is 0. The Morgan fingerprint density at radius 2 is 1.95 bits per heavy atom. The molecule has 0 fully saturated rings. The molecule has 108 valence electrons. The lowest BCUT2D eigenvalue weighted by Crippen LogP contribution is -2.14. The van der Waals surface area contributed by atoms with Gasteiger partial charge in [-0.3, -0.25) is 4.79 Å². The van der Waals surface area contributed by atoms with Crippen molar-refractivity contribution >= 4 is 22.6 Å². The molecule has 2 aromatic rings. The smallest absolute Gasteiger partial charge is 0.268 e. The molecule has 2 aliphatic rings. The van der Waals surface area contributed by atoms with Crippen LogP contribution in [0.4, 0.5) is 0 Å². The van der Waals surface area contributed by atoms with Gasteiger partial charge in [-0.15, -0.1) is 0 Å². The largest absolute Gasteiger partial charge is 0.493 e. The van der Waals surface area contributed by atoms with Gasteiger partial charge in [0.1, 0.15) is 16.7 Å². The number of pyridine rings is 3. The van der Waals surface area contributed by atoms with Crippen molar-refractivity contribution in [3.8, 4) is 23.0 Å². The maximum Gasteiger partial charge on any atom is 0.268 e. The summed E-state index contributed by atoms with van der Waals surface area (Å²) in [7, 11) is 0. The summed E-state index contributed by atoms with van der Waals surface area (Å²) in [5.41, 5.74) is 0.818. The molecule has 0 aromatic carbocycles.